The number of rotatable bonds is 4. The van der Waals surface area contributed by atoms with Crippen LogP contribution in [0.4, 0.5) is 5.00 Å². The van der Waals surface area contributed by atoms with Crippen molar-refractivity contribution in [1.29, 1.82) is 0 Å². The molecule has 1 aliphatic carbocycles. The summed E-state index contributed by atoms with van der Waals surface area (Å²) in [5, 5.41) is 0.575. The molecule has 25 heavy (non-hydrogen) atoms. The Morgan fingerprint density at radius 1 is 1.20 bits per heavy atom. The van der Waals surface area contributed by atoms with Crippen molar-refractivity contribution in [3.05, 3.63) is 39.8 Å². The SMILES string of the molecule is CCc1sc(N)c(C(=O)OC2CCCCC2)c1-c1ccc(C)c(C)c1. The number of esters is 1. The van der Waals surface area contributed by atoms with Gasteiger partial charge in [-0.2, -0.15) is 0 Å². The van der Waals surface area contributed by atoms with Gasteiger partial charge in [-0.3, -0.25) is 0 Å². The molecule has 2 N–H and O–H groups in total. The van der Waals surface area contributed by atoms with Gasteiger partial charge in [-0.15, -0.1) is 11.3 Å². The van der Waals surface area contributed by atoms with E-state index in [4.69, 9.17) is 10.5 Å². The summed E-state index contributed by atoms with van der Waals surface area (Å²) in [6.07, 6.45) is 6.35. The molecule has 1 saturated carbocycles. The second-order valence-corrected chi connectivity index (χ2v) is 8.09. The average Bonchev–Trinajstić information content (AvgIpc) is 2.94. The minimum atomic E-state index is -0.256. The van der Waals surface area contributed by atoms with Crippen molar-refractivity contribution >= 4 is 22.3 Å². The molecule has 0 unspecified atom stereocenters. The van der Waals surface area contributed by atoms with Gasteiger partial charge in [0.15, 0.2) is 0 Å². The maximum absolute atomic E-state index is 12.9. The third-order valence-electron chi connectivity index (χ3n) is 5.16. The molecule has 2 aromatic rings. The number of nitrogens with two attached hydrogens (primary N) is 1. The monoisotopic (exact) mass is 357 g/mol. The van der Waals surface area contributed by atoms with Gasteiger partial charge in [0.25, 0.3) is 0 Å². The van der Waals surface area contributed by atoms with Gasteiger partial charge in [0, 0.05) is 10.4 Å². The second kappa shape index (κ2) is 7.61. The van der Waals surface area contributed by atoms with Crippen molar-refractivity contribution in [2.24, 2.45) is 0 Å². The molecule has 4 heteroatoms. The van der Waals surface area contributed by atoms with Crippen LogP contribution in [0.25, 0.3) is 11.1 Å². The molecule has 1 fully saturated rings. The maximum Gasteiger partial charge on any atom is 0.342 e. The zero-order valence-corrected chi connectivity index (χ0v) is 16.2. The molecule has 1 aliphatic rings. The smallest absolute Gasteiger partial charge is 0.342 e. The first-order valence-corrected chi connectivity index (χ1v) is 10.0. The number of carbonyl (C=O) groups excluding carboxylic acids is 1. The van der Waals surface area contributed by atoms with Gasteiger partial charge in [0.1, 0.15) is 16.7 Å². The lowest BCUT2D eigenvalue weighted by molar-refractivity contribution is 0.0213. The first kappa shape index (κ1) is 18.0. The van der Waals surface area contributed by atoms with E-state index >= 15 is 0 Å². The predicted octanol–water partition coefficient (Wildman–Crippen LogP) is 5.67. The summed E-state index contributed by atoms with van der Waals surface area (Å²) in [6, 6.07) is 6.34. The highest BCUT2D eigenvalue weighted by Gasteiger charge is 2.27. The minimum Gasteiger partial charge on any atom is -0.459 e. The van der Waals surface area contributed by atoms with Crippen molar-refractivity contribution in [2.75, 3.05) is 5.73 Å². The van der Waals surface area contributed by atoms with Crippen molar-refractivity contribution in [3.63, 3.8) is 0 Å². The van der Waals surface area contributed by atoms with Crippen molar-refractivity contribution in [2.45, 2.75) is 65.4 Å². The fraction of sp³-hybridized carbons (Fsp3) is 0.476. The van der Waals surface area contributed by atoms with Crippen LogP contribution in [0.3, 0.4) is 0 Å². The van der Waals surface area contributed by atoms with E-state index in [9.17, 15) is 4.79 Å². The van der Waals surface area contributed by atoms with Gasteiger partial charge in [-0.1, -0.05) is 31.5 Å². The Bertz CT molecular complexity index is 772. The Hall–Kier alpha value is -1.81. The van der Waals surface area contributed by atoms with Crippen molar-refractivity contribution in [1.82, 2.24) is 0 Å². The Morgan fingerprint density at radius 2 is 1.92 bits per heavy atom. The fourth-order valence-corrected chi connectivity index (χ4v) is 4.56. The number of carbonyl (C=O) groups is 1. The molecule has 0 spiro atoms. The lowest BCUT2D eigenvalue weighted by Gasteiger charge is -2.22. The maximum atomic E-state index is 12.9. The highest BCUT2D eigenvalue weighted by Crippen LogP contribution is 2.40. The Labute approximate surface area is 154 Å². The van der Waals surface area contributed by atoms with E-state index in [-0.39, 0.29) is 12.1 Å². The quantitative estimate of drug-likeness (QED) is 0.718. The van der Waals surface area contributed by atoms with Crippen LogP contribution in [0.15, 0.2) is 18.2 Å². The normalized spacial score (nSPS) is 15.3. The fourth-order valence-electron chi connectivity index (χ4n) is 3.54. The van der Waals surface area contributed by atoms with E-state index < -0.39 is 0 Å². The average molecular weight is 358 g/mol. The van der Waals surface area contributed by atoms with Gasteiger partial charge < -0.3 is 10.5 Å². The van der Waals surface area contributed by atoms with E-state index in [1.54, 1.807) is 0 Å². The van der Waals surface area contributed by atoms with Gasteiger partial charge >= 0.3 is 5.97 Å². The summed E-state index contributed by atoms with van der Waals surface area (Å²) in [6.45, 7) is 6.30. The van der Waals surface area contributed by atoms with Crippen LogP contribution in [0, 0.1) is 13.8 Å². The first-order chi connectivity index (χ1) is 12.0. The van der Waals surface area contributed by atoms with Gasteiger partial charge in [-0.25, -0.2) is 4.79 Å². The Kier molecular flexibility index (Phi) is 5.48. The number of hydrogen-bond acceptors (Lipinski definition) is 4. The molecule has 0 radical (unpaired) electrons. The molecule has 0 atom stereocenters. The lowest BCUT2D eigenvalue weighted by atomic mass is 9.96. The van der Waals surface area contributed by atoms with E-state index in [2.05, 4.69) is 39.0 Å². The van der Waals surface area contributed by atoms with Crippen LogP contribution in [-0.4, -0.2) is 12.1 Å². The van der Waals surface area contributed by atoms with Gasteiger partial charge in [0.2, 0.25) is 0 Å². The molecular weight excluding hydrogens is 330 g/mol. The molecule has 0 saturated heterocycles. The summed E-state index contributed by atoms with van der Waals surface area (Å²) < 4.78 is 5.82. The molecule has 0 amide bonds. The molecule has 1 aromatic carbocycles. The molecule has 3 nitrogen and oxygen atoms in total. The molecule has 0 aliphatic heterocycles. The molecular formula is C21H27NO2S. The standard InChI is InChI=1S/C21H27NO2S/c1-4-17-18(15-11-10-13(2)14(3)12-15)19(20(22)25-17)21(23)24-16-8-6-5-7-9-16/h10-12,16H,4-9,22H2,1-3H3. The molecule has 134 valence electrons. The molecule has 0 bridgehead atoms. The Morgan fingerprint density at radius 3 is 2.56 bits per heavy atom. The van der Waals surface area contributed by atoms with E-state index in [1.807, 2.05) is 0 Å². The number of hydrogen-bond donors (Lipinski definition) is 1. The number of ether oxygens (including phenoxy) is 1. The summed E-state index contributed by atoms with van der Waals surface area (Å²) >= 11 is 1.51. The highest BCUT2D eigenvalue weighted by atomic mass is 32.1. The van der Waals surface area contributed by atoms with Crippen molar-refractivity contribution in [3.8, 4) is 11.1 Å². The minimum absolute atomic E-state index is 0.0400. The molecule has 3 rings (SSSR count). The van der Waals surface area contributed by atoms with E-state index in [0.29, 0.717) is 10.6 Å². The largest absolute Gasteiger partial charge is 0.459 e. The summed E-state index contributed by atoms with van der Waals surface area (Å²) in [5.74, 6) is -0.256. The number of thiophene rings is 1. The topological polar surface area (TPSA) is 52.3 Å². The van der Waals surface area contributed by atoms with Crippen LogP contribution < -0.4 is 5.73 Å². The molecule has 1 aromatic heterocycles. The van der Waals surface area contributed by atoms with Crippen LogP contribution in [0.1, 0.15) is 65.4 Å². The van der Waals surface area contributed by atoms with Gasteiger partial charge in [0.05, 0.1) is 0 Å². The second-order valence-electron chi connectivity index (χ2n) is 6.96. The summed E-state index contributed by atoms with van der Waals surface area (Å²) in [5.41, 5.74) is 11.3. The van der Waals surface area contributed by atoms with E-state index in [0.717, 1.165) is 48.1 Å². The molecule has 1 heterocycles. The summed E-state index contributed by atoms with van der Waals surface area (Å²) in [4.78, 5) is 14.1. The third kappa shape index (κ3) is 3.74. The number of aryl methyl sites for hydroxylation is 3. The van der Waals surface area contributed by atoms with E-state index in [1.165, 1.54) is 28.9 Å². The predicted molar refractivity (Wildman–Crippen MR) is 105 cm³/mol. The zero-order chi connectivity index (χ0) is 18.0. The highest BCUT2D eigenvalue weighted by molar-refractivity contribution is 7.17. The van der Waals surface area contributed by atoms with Crippen LogP contribution in [-0.2, 0) is 11.2 Å². The zero-order valence-electron chi connectivity index (χ0n) is 15.4. The Balaban J connectivity index is 1.99. The summed E-state index contributed by atoms with van der Waals surface area (Å²) in [7, 11) is 0. The van der Waals surface area contributed by atoms with Crippen LogP contribution >= 0.6 is 11.3 Å². The van der Waals surface area contributed by atoms with Crippen LogP contribution in [0.5, 0.6) is 0 Å². The number of nitrogen functional groups attached to an aromatic ring is 1. The number of anilines is 1. The third-order valence-corrected chi connectivity index (χ3v) is 6.32. The van der Waals surface area contributed by atoms with Crippen LogP contribution in [0.2, 0.25) is 0 Å². The lowest BCUT2D eigenvalue weighted by Crippen LogP contribution is -2.21. The number of benzene rings is 1. The first-order valence-electron chi connectivity index (χ1n) is 9.21. The van der Waals surface area contributed by atoms with Crippen molar-refractivity contribution < 1.29 is 9.53 Å². The van der Waals surface area contributed by atoms with Gasteiger partial charge in [-0.05, 0) is 62.6 Å².